The Hall–Kier alpha value is -0.120. The molecule has 0 radical (unpaired) electrons. The fourth-order valence-electron chi connectivity index (χ4n) is 4.20. The molecule has 0 spiro atoms. The fourth-order valence-corrected chi connectivity index (χ4v) is 4.20. The molecule has 20 heavy (non-hydrogen) atoms. The lowest BCUT2D eigenvalue weighted by Gasteiger charge is -2.38. The highest BCUT2D eigenvalue weighted by Gasteiger charge is 2.34. The number of hydrogen-bond donors (Lipinski definition) is 2. The van der Waals surface area contributed by atoms with Gasteiger partial charge in [0.05, 0.1) is 5.60 Å². The zero-order chi connectivity index (χ0) is 14.5. The van der Waals surface area contributed by atoms with E-state index in [1.807, 2.05) is 6.92 Å². The molecule has 0 aromatic heterocycles. The molecule has 0 aromatic rings. The van der Waals surface area contributed by atoms with Crippen molar-refractivity contribution >= 4 is 0 Å². The van der Waals surface area contributed by atoms with Gasteiger partial charge in [-0.3, -0.25) is 0 Å². The van der Waals surface area contributed by atoms with Crippen LogP contribution in [0.2, 0.25) is 0 Å². The normalized spacial score (nSPS) is 32.5. The van der Waals surface area contributed by atoms with Crippen molar-refractivity contribution in [3.05, 3.63) is 0 Å². The Bertz CT molecular complexity index is 283. The summed E-state index contributed by atoms with van der Waals surface area (Å²) in [6, 6.07) is 0. The van der Waals surface area contributed by atoms with Crippen LogP contribution in [0.15, 0.2) is 0 Å². The van der Waals surface area contributed by atoms with Crippen LogP contribution < -0.4 is 5.32 Å². The predicted octanol–water partition coefficient (Wildman–Crippen LogP) is 2.78. The summed E-state index contributed by atoms with van der Waals surface area (Å²) < 4.78 is 0. The first kappa shape index (κ1) is 16.3. The lowest BCUT2D eigenvalue weighted by Crippen LogP contribution is -2.44. The molecule has 1 heterocycles. The van der Waals surface area contributed by atoms with Gasteiger partial charge in [0, 0.05) is 19.6 Å². The second-order valence-corrected chi connectivity index (χ2v) is 7.57. The minimum absolute atomic E-state index is 0.436. The molecule has 2 rings (SSSR count). The highest BCUT2D eigenvalue weighted by molar-refractivity contribution is 4.88. The van der Waals surface area contributed by atoms with Crippen LogP contribution >= 0.6 is 0 Å². The maximum atomic E-state index is 10.3. The van der Waals surface area contributed by atoms with E-state index in [1.54, 1.807) is 0 Å². The number of rotatable bonds is 4. The van der Waals surface area contributed by atoms with Crippen molar-refractivity contribution in [3.8, 4) is 0 Å². The van der Waals surface area contributed by atoms with Crippen LogP contribution in [-0.4, -0.2) is 48.8 Å². The minimum Gasteiger partial charge on any atom is -0.390 e. The summed E-state index contributed by atoms with van der Waals surface area (Å²) in [6.07, 6.45) is 11.4. The quantitative estimate of drug-likeness (QED) is 0.778. The fraction of sp³-hybridized carbons (Fsp3) is 1.00. The molecular formula is C17H34N2O. The van der Waals surface area contributed by atoms with E-state index in [0.717, 1.165) is 32.4 Å². The summed E-state index contributed by atoms with van der Waals surface area (Å²) in [5.74, 6) is 0. The molecule has 2 N–H and O–H groups in total. The van der Waals surface area contributed by atoms with Gasteiger partial charge in [-0.2, -0.15) is 0 Å². The Morgan fingerprint density at radius 3 is 2.30 bits per heavy atom. The van der Waals surface area contributed by atoms with Gasteiger partial charge in [-0.15, -0.1) is 0 Å². The molecule has 1 atom stereocenters. The molecule has 2 aliphatic rings. The largest absolute Gasteiger partial charge is 0.390 e. The average Bonchev–Trinajstić information content (AvgIpc) is 2.70. The van der Waals surface area contributed by atoms with Crippen molar-refractivity contribution in [1.29, 1.82) is 0 Å². The molecule has 1 saturated carbocycles. The van der Waals surface area contributed by atoms with Gasteiger partial charge in [-0.1, -0.05) is 25.7 Å². The third-order valence-electron chi connectivity index (χ3n) is 5.43. The van der Waals surface area contributed by atoms with Gasteiger partial charge in [0.15, 0.2) is 0 Å². The summed E-state index contributed by atoms with van der Waals surface area (Å²) >= 11 is 0. The highest BCUT2D eigenvalue weighted by atomic mass is 16.3. The SMILES string of the molecule is CNCC1(CN2CCCC(C)(O)CC2)CCCCCC1. The summed E-state index contributed by atoms with van der Waals surface area (Å²) in [6.45, 7) is 6.62. The number of likely N-dealkylation sites (tertiary alicyclic amines) is 1. The lowest BCUT2D eigenvalue weighted by atomic mass is 9.79. The van der Waals surface area contributed by atoms with Gasteiger partial charge in [-0.05, 0) is 58.0 Å². The van der Waals surface area contributed by atoms with Crippen molar-refractivity contribution < 1.29 is 5.11 Å². The zero-order valence-corrected chi connectivity index (χ0v) is 13.6. The minimum atomic E-state index is -0.436. The molecule has 0 bridgehead atoms. The van der Waals surface area contributed by atoms with E-state index in [1.165, 1.54) is 51.6 Å². The van der Waals surface area contributed by atoms with E-state index in [4.69, 9.17) is 0 Å². The van der Waals surface area contributed by atoms with Gasteiger partial charge in [0.25, 0.3) is 0 Å². The smallest absolute Gasteiger partial charge is 0.0632 e. The molecule has 0 aromatic carbocycles. The Morgan fingerprint density at radius 2 is 1.65 bits per heavy atom. The maximum Gasteiger partial charge on any atom is 0.0632 e. The monoisotopic (exact) mass is 282 g/mol. The summed E-state index contributed by atoms with van der Waals surface area (Å²) in [7, 11) is 2.10. The van der Waals surface area contributed by atoms with Crippen LogP contribution in [0.5, 0.6) is 0 Å². The van der Waals surface area contributed by atoms with Crippen LogP contribution in [0, 0.1) is 5.41 Å². The van der Waals surface area contributed by atoms with Crippen LogP contribution in [0.3, 0.4) is 0 Å². The first-order valence-corrected chi connectivity index (χ1v) is 8.65. The third kappa shape index (κ3) is 4.71. The predicted molar refractivity (Wildman–Crippen MR) is 85.0 cm³/mol. The van der Waals surface area contributed by atoms with Crippen molar-refractivity contribution in [2.75, 3.05) is 33.2 Å². The van der Waals surface area contributed by atoms with Crippen molar-refractivity contribution in [2.45, 2.75) is 70.3 Å². The third-order valence-corrected chi connectivity index (χ3v) is 5.43. The van der Waals surface area contributed by atoms with E-state index >= 15 is 0 Å². The van der Waals surface area contributed by atoms with Gasteiger partial charge < -0.3 is 15.3 Å². The molecule has 1 aliphatic heterocycles. The molecule has 0 amide bonds. The highest BCUT2D eigenvalue weighted by Crippen LogP contribution is 2.36. The van der Waals surface area contributed by atoms with E-state index in [0.29, 0.717) is 5.41 Å². The second kappa shape index (κ2) is 7.24. The van der Waals surface area contributed by atoms with Gasteiger partial charge in [0.1, 0.15) is 0 Å². The maximum absolute atomic E-state index is 10.3. The van der Waals surface area contributed by atoms with E-state index in [9.17, 15) is 5.11 Å². The van der Waals surface area contributed by atoms with Gasteiger partial charge in [0.2, 0.25) is 0 Å². The Balaban J connectivity index is 1.96. The molecule has 3 heteroatoms. The molecule has 118 valence electrons. The van der Waals surface area contributed by atoms with Gasteiger partial charge in [-0.25, -0.2) is 0 Å². The average molecular weight is 282 g/mol. The van der Waals surface area contributed by atoms with Crippen molar-refractivity contribution in [3.63, 3.8) is 0 Å². The lowest BCUT2D eigenvalue weighted by molar-refractivity contribution is 0.0421. The van der Waals surface area contributed by atoms with E-state index in [2.05, 4.69) is 17.3 Å². The Labute approximate surface area is 125 Å². The number of nitrogens with zero attached hydrogens (tertiary/aromatic N) is 1. The molecule has 1 unspecified atom stereocenters. The second-order valence-electron chi connectivity index (χ2n) is 7.57. The number of aliphatic hydroxyl groups is 1. The van der Waals surface area contributed by atoms with Crippen LogP contribution in [0.25, 0.3) is 0 Å². The van der Waals surface area contributed by atoms with Crippen molar-refractivity contribution in [1.82, 2.24) is 10.2 Å². The molecule has 1 aliphatic carbocycles. The Kier molecular flexibility index (Phi) is 5.88. The summed E-state index contributed by atoms with van der Waals surface area (Å²) in [5.41, 5.74) is 0.0375. The van der Waals surface area contributed by atoms with Crippen molar-refractivity contribution in [2.24, 2.45) is 5.41 Å². The summed E-state index contributed by atoms with van der Waals surface area (Å²) in [5, 5.41) is 13.7. The molecular weight excluding hydrogens is 248 g/mol. The molecule has 1 saturated heterocycles. The van der Waals surface area contributed by atoms with Crippen LogP contribution in [0.4, 0.5) is 0 Å². The molecule has 3 nitrogen and oxygen atoms in total. The van der Waals surface area contributed by atoms with E-state index < -0.39 is 5.60 Å². The van der Waals surface area contributed by atoms with E-state index in [-0.39, 0.29) is 0 Å². The number of hydrogen-bond acceptors (Lipinski definition) is 3. The Morgan fingerprint density at radius 1 is 0.950 bits per heavy atom. The molecule has 2 fully saturated rings. The number of nitrogens with one attached hydrogen (secondary N) is 1. The van der Waals surface area contributed by atoms with Crippen LogP contribution in [0.1, 0.15) is 64.7 Å². The van der Waals surface area contributed by atoms with Crippen LogP contribution in [-0.2, 0) is 0 Å². The zero-order valence-electron chi connectivity index (χ0n) is 13.6. The summed E-state index contributed by atoms with van der Waals surface area (Å²) in [4.78, 5) is 2.63. The van der Waals surface area contributed by atoms with Gasteiger partial charge >= 0.3 is 0 Å². The first-order chi connectivity index (χ1) is 9.55. The standard InChI is InChI=1S/C17H34N2O/c1-16(20)8-7-12-19(13-11-16)15-17(14-18-2)9-5-3-4-6-10-17/h18,20H,3-15H2,1-2H3. The first-order valence-electron chi connectivity index (χ1n) is 8.65. The topological polar surface area (TPSA) is 35.5 Å².